The van der Waals surface area contributed by atoms with E-state index in [9.17, 15) is 18.4 Å². The fourth-order valence-corrected chi connectivity index (χ4v) is 1.45. The third kappa shape index (κ3) is 3.69. The van der Waals surface area contributed by atoms with E-state index in [0.717, 1.165) is 23.1 Å². The van der Waals surface area contributed by atoms with Crippen LogP contribution in [0, 0.1) is 11.6 Å². The van der Waals surface area contributed by atoms with Gasteiger partial charge < -0.3 is 15.1 Å². The number of carbonyl (C=O) groups is 2. The van der Waals surface area contributed by atoms with Crippen LogP contribution in [0.2, 0.25) is 0 Å². The molecule has 0 saturated carbocycles. The van der Waals surface area contributed by atoms with Gasteiger partial charge in [-0.3, -0.25) is 9.59 Å². The van der Waals surface area contributed by atoms with Crippen molar-refractivity contribution in [1.29, 1.82) is 0 Å². The van der Waals surface area contributed by atoms with E-state index in [1.54, 1.807) is 0 Å². The van der Waals surface area contributed by atoms with E-state index >= 15 is 0 Å². The molecule has 5 nitrogen and oxygen atoms in total. The summed E-state index contributed by atoms with van der Waals surface area (Å²) in [6, 6.07) is 3.10. The van der Waals surface area contributed by atoms with Gasteiger partial charge in [0.1, 0.15) is 23.9 Å². The minimum Gasteiger partial charge on any atom is -0.481 e. The summed E-state index contributed by atoms with van der Waals surface area (Å²) in [6.07, 6.45) is -0.416. The molecule has 0 bridgehead atoms. The van der Waals surface area contributed by atoms with Gasteiger partial charge in [0.15, 0.2) is 0 Å². The van der Waals surface area contributed by atoms with Crippen LogP contribution in [-0.4, -0.2) is 35.2 Å². The van der Waals surface area contributed by atoms with Crippen molar-refractivity contribution in [2.45, 2.75) is 6.42 Å². The molecule has 98 valence electrons. The zero-order valence-corrected chi connectivity index (χ0v) is 9.27. The minimum absolute atomic E-state index is 0.292. The summed E-state index contributed by atoms with van der Waals surface area (Å²) in [4.78, 5) is 21.9. The molecule has 0 amide bonds. The Bertz CT molecular complexity index is 444. The molecular weight excluding hydrogens is 248 g/mol. The minimum atomic E-state index is -1.30. The lowest BCUT2D eigenvalue weighted by atomic mass is 10.2. The highest BCUT2D eigenvalue weighted by atomic mass is 19.1. The normalized spacial score (nSPS) is 10.1. The number of carboxylic acids is 2. The first-order valence-electron chi connectivity index (χ1n) is 5.04. The predicted molar refractivity (Wildman–Crippen MR) is 58.5 cm³/mol. The molecule has 0 saturated heterocycles. The third-order valence-corrected chi connectivity index (χ3v) is 2.18. The summed E-state index contributed by atoms with van der Waals surface area (Å²) in [6.45, 7) is -0.968. The first kappa shape index (κ1) is 13.9. The van der Waals surface area contributed by atoms with E-state index in [4.69, 9.17) is 10.2 Å². The molecule has 0 atom stereocenters. The zero-order valence-electron chi connectivity index (χ0n) is 9.27. The Balaban J connectivity index is 3.00. The number of rotatable bonds is 6. The van der Waals surface area contributed by atoms with Crippen molar-refractivity contribution in [2.75, 3.05) is 18.0 Å². The average molecular weight is 259 g/mol. The highest BCUT2D eigenvalue weighted by Crippen LogP contribution is 2.23. The van der Waals surface area contributed by atoms with Crippen LogP contribution in [0.15, 0.2) is 18.2 Å². The molecule has 0 aliphatic heterocycles. The van der Waals surface area contributed by atoms with Crippen molar-refractivity contribution in [3.05, 3.63) is 29.8 Å². The third-order valence-electron chi connectivity index (χ3n) is 2.18. The predicted octanol–water partition coefficient (Wildman–Crippen LogP) is 1.33. The second-order valence-corrected chi connectivity index (χ2v) is 3.53. The number of aliphatic carboxylic acids is 2. The molecule has 7 heteroatoms. The number of hydrogen-bond donors (Lipinski definition) is 2. The number of carboxylic acid groups (broad SMARTS) is 2. The fraction of sp³-hybridized carbons (Fsp3) is 0.273. The largest absolute Gasteiger partial charge is 0.481 e. The summed E-state index contributed by atoms with van der Waals surface area (Å²) >= 11 is 0. The molecule has 1 aromatic rings. The molecule has 0 radical (unpaired) electrons. The van der Waals surface area contributed by atoms with E-state index in [1.807, 2.05) is 0 Å². The van der Waals surface area contributed by atoms with Crippen molar-refractivity contribution in [2.24, 2.45) is 0 Å². The maximum atomic E-state index is 13.5. The SMILES string of the molecule is O=C(O)CCN(CC(=O)O)c1c(F)cccc1F. The van der Waals surface area contributed by atoms with Gasteiger partial charge in [-0.2, -0.15) is 0 Å². The summed E-state index contributed by atoms with van der Waals surface area (Å²) < 4.78 is 26.9. The molecule has 0 unspecified atom stereocenters. The Hall–Kier alpha value is -2.18. The molecule has 0 aromatic heterocycles. The summed E-state index contributed by atoms with van der Waals surface area (Å²) in [5, 5.41) is 17.2. The number of anilines is 1. The second kappa shape index (κ2) is 5.95. The van der Waals surface area contributed by atoms with Crippen molar-refractivity contribution >= 4 is 17.6 Å². The van der Waals surface area contributed by atoms with Crippen LogP contribution < -0.4 is 4.90 Å². The van der Waals surface area contributed by atoms with Crippen LogP contribution in [0.3, 0.4) is 0 Å². The van der Waals surface area contributed by atoms with E-state index in [2.05, 4.69) is 0 Å². The molecule has 1 rings (SSSR count). The van der Waals surface area contributed by atoms with Crippen LogP contribution in [0.5, 0.6) is 0 Å². The fourth-order valence-electron chi connectivity index (χ4n) is 1.45. The quantitative estimate of drug-likeness (QED) is 0.805. The number of halogens is 2. The highest BCUT2D eigenvalue weighted by Gasteiger charge is 2.19. The van der Waals surface area contributed by atoms with Gasteiger partial charge in [-0.15, -0.1) is 0 Å². The Labute approximate surface area is 101 Å². The van der Waals surface area contributed by atoms with Crippen molar-refractivity contribution in [3.8, 4) is 0 Å². The van der Waals surface area contributed by atoms with Gasteiger partial charge in [0.25, 0.3) is 0 Å². The highest BCUT2D eigenvalue weighted by molar-refractivity contribution is 5.75. The smallest absolute Gasteiger partial charge is 0.323 e. The van der Waals surface area contributed by atoms with Gasteiger partial charge in [0, 0.05) is 6.54 Å². The number of benzene rings is 1. The first-order valence-corrected chi connectivity index (χ1v) is 5.04. The Morgan fingerprint density at radius 1 is 1.11 bits per heavy atom. The summed E-state index contributed by atoms with van der Waals surface area (Å²) in [5.41, 5.74) is -0.527. The molecule has 1 aromatic carbocycles. The summed E-state index contributed by atoms with van der Waals surface area (Å²) in [5.74, 6) is -4.34. The van der Waals surface area contributed by atoms with Crippen LogP contribution in [0.25, 0.3) is 0 Å². The first-order chi connectivity index (χ1) is 8.41. The van der Waals surface area contributed by atoms with Crippen LogP contribution in [0.1, 0.15) is 6.42 Å². The molecule has 0 spiro atoms. The Morgan fingerprint density at radius 3 is 2.11 bits per heavy atom. The maximum Gasteiger partial charge on any atom is 0.323 e. The topological polar surface area (TPSA) is 77.8 Å². The van der Waals surface area contributed by atoms with Gasteiger partial charge in [0.2, 0.25) is 0 Å². The van der Waals surface area contributed by atoms with E-state index in [0.29, 0.717) is 0 Å². The zero-order chi connectivity index (χ0) is 13.7. The van der Waals surface area contributed by atoms with Crippen LogP contribution in [-0.2, 0) is 9.59 Å². The molecule has 0 aliphatic rings. The van der Waals surface area contributed by atoms with Crippen molar-refractivity contribution in [1.82, 2.24) is 0 Å². The van der Waals surface area contributed by atoms with Gasteiger partial charge in [-0.1, -0.05) is 6.07 Å². The summed E-state index contributed by atoms with van der Waals surface area (Å²) in [7, 11) is 0. The lowest BCUT2D eigenvalue weighted by Crippen LogP contribution is -2.33. The molecule has 0 fully saturated rings. The van der Waals surface area contributed by atoms with Gasteiger partial charge in [0.05, 0.1) is 6.42 Å². The monoisotopic (exact) mass is 259 g/mol. The molecule has 18 heavy (non-hydrogen) atoms. The standard InChI is InChI=1S/C11H11F2NO4/c12-7-2-1-3-8(13)11(7)14(6-10(17)18)5-4-9(15)16/h1-3H,4-6H2,(H,15,16)(H,17,18). The second-order valence-electron chi connectivity index (χ2n) is 3.53. The van der Waals surface area contributed by atoms with Crippen molar-refractivity contribution in [3.63, 3.8) is 0 Å². The lowest BCUT2D eigenvalue weighted by Gasteiger charge is -2.22. The molecule has 0 heterocycles. The van der Waals surface area contributed by atoms with Crippen LogP contribution in [0.4, 0.5) is 14.5 Å². The molecule has 2 N–H and O–H groups in total. The Morgan fingerprint density at radius 2 is 1.67 bits per heavy atom. The maximum absolute atomic E-state index is 13.5. The van der Waals surface area contributed by atoms with Gasteiger partial charge in [-0.25, -0.2) is 8.78 Å². The average Bonchev–Trinajstić information content (AvgIpc) is 2.24. The Kier molecular flexibility index (Phi) is 4.59. The van der Waals surface area contributed by atoms with E-state index in [1.165, 1.54) is 0 Å². The van der Waals surface area contributed by atoms with Gasteiger partial charge >= 0.3 is 11.9 Å². The van der Waals surface area contributed by atoms with Crippen LogP contribution >= 0.6 is 0 Å². The molecule has 0 aliphatic carbocycles. The molecular formula is C11H11F2NO4. The van der Waals surface area contributed by atoms with Crippen molar-refractivity contribution < 1.29 is 28.6 Å². The van der Waals surface area contributed by atoms with Gasteiger partial charge in [-0.05, 0) is 12.1 Å². The lowest BCUT2D eigenvalue weighted by molar-refractivity contribution is -0.138. The van der Waals surface area contributed by atoms with E-state index < -0.39 is 42.2 Å². The number of hydrogen-bond acceptors (Lipinski definition) is 3. The number of para-hydroxylation sites is 1. The number of nitrogens with zero attached hydrogens (tertiary/aromatic N) is 1. The van der Waals surface area contributed by atoms with E-state index in [-0.39, 0.29) is 6.54 Å².